The highest BCUT2D eigenvalue weighted by Crippen LogP contribution is 2.51. The zero-order chi connectivity index (χ0) is 67.9. The summed E-state index contributed by atoms with van der Waals surface area (Å²) in [7, 11) is 0. The molecule has 9 heterocycles. The minimum atomic E-state index is -0.117. The van der Waals surface area contributed by atoms with Crippen LogP contribution in [0.1, 0.15) is 201 Å². The van der Waals surface area contributed by atoms with Crippen LogP contribution in [0.5, 0.6) is 0 Å². The predicted molar refractivity (Wildman–Crippen MR) is 416 cm³/mol. The average Bonchev–Trinajstić information content (AvgIpc) is 1.63. The number of ether oxygens (including phenoxy) is 4. The molecule has 0 saturated heterocycles. The molecule has 0 unspecified atom stereocenters. The minimum Gasteiger partial charge on any atom is -0.466 e. The summed E-state index contributed by atoms with van der Waals surface area (Å²) in [5.74, 6) is -0.434. The molecule has 10 nitrogen and oxygen atoms in total. The van der Waals surface area contributed by atoms with Crippen molar-refractivity contribution >= 4 is 137 Å². The SMILES string of the molecule is CCOC(=O)CCCCCCCc1cc(-c2ccc(-c3cc(CCCCCCCC(=O)OCC)c(-c4ccc(-c5ccc(-c6sc(C)cc6CCCCCCOC(=O)CC)s5)s4)s3)c3nsnc23)sc1-c1ccc(-c2ccc(-c3sc(C)cc3CCCCCCOC(=O)CC)s2)s1. The molecule has 10 rings (SSSR count). The standard InChI is InChI=1S/C78H92N2O8S9/c1-7-69(81)87-45-27-19-17-23-29-53-47-51(5)89-75(53)63-41-37-59(91-63)61-39-43-65(93-61)77-55(31-21-13-11-15-25-33-71(83)85-9-3)49-67(95-77)57-35-36-58(74-73(57)79-97-80-74)68-50-56(32-22-14-12-16-26-34-72(84)86-10-4)78(96-68)66-44-40-62(94-66)60-38-42-64(92-60)76-54(48-52(6)90-76)30-24-18-20-28-46-88-70(82)8-2/h35-44,47-50H,7-34,45-46H2,1-6H3. The van der Waals surface area contributed by atoms with E-state index in [9.17, 15) is 19.2 Å². The number of rotatable bonds is 42. The Balaban J connectivity index is 0.883. The molecular weight excluding hydrogens is 1380 g/mol. The lowest BCUT2D eigenvalue weighted by Gasteiger charge is -2.04. The third-order valence-electron chi connectivity index (χ3n) is 17.3. The number of fused-ring (bicyclic) bond motifs is 1. The van der Waals surface area contributed by atoms with Crippen LogP contribution in [0, 0.1) is 13.8 Å². The van der Waals surface area contributed by atoms with E-state index < -0.39 is 0 Å². The van der Waals surface area contributed by atoms with E-state index in [1.54, 1.807) is 0 Å². The van der Waals surface area contributed by atoms with Crippen molar-refractivity contribution in [2.75, 3.05) is 26.4 Å². The molecule has 0 spiro atoms. The summed E-state index contributed by atoms with van der Waals surface area (Å²) in [5, 5.41) is 0. The molecule has 516 valence electrons. The number of hydrogen-bond donors (Lipinski definition) is 0. The Morgan fingerprint density at radius 1 is 0.320 bits per heavy atom. The van der Waals surface area contributed by atoms with E-state index in [0.717, 1.165) is 163 Å². The highest BCUT2D eigenvalue weighted by molar-refractivity contribution is 7.30. The van der Waals surface area contributed by atoms with E-state index in [4.69, 9.17) is 27.7 Å². The van der Waals surface area contributed by atoms with E-state index >= 15 is 0 Å². The van der Waals surface area contributed by atoms with Crippen LogP contribution in [0.4, 0.5) is 0 Å². The van der Waals surface area contributed by atoms with Crippen LogP contribution in [-0.2, 0) is 63.8 Å². The Bertz CT molecular complexity index is 3880. The van der Waals surface area contributed by atoms with Crippen LogP contribution >= 0.6 is 102 Å². The monoisotopic (exact) mass is 1470 g/mol. The van der Waals surface area contributed by atoms with Crippen LogP contribution in [0.2, 0.25) is 0 Å². The van der Waals surface area contributed by atoms with Gasteiger partial charge in [0.25, 0.3) is 0 Å². The molecule has 19 heteroatoms. The Kier molecular flexibility index (Phi) is 29.3. The summed E-state index contributed by atoms with van der Waals surface area (Å²) in [6.45, 7) is 13.7. The molecule has 1 aromatic carbocycles. The van der Waals surface area contributed by atoms with Crippen molar-refractivity contribution in [1.82, 2.24) is 8.75 Å². The van der Waals surface area contributed by atoms with Gasteiger partial charge in [0.05, 0.1) is 38.2 Å². The van der Waals surface area contributed by atoms with E-state index in [-0.39, 0.29) is 23.9 Å². The van der Waals surface area contributed by atoms with E-state index in [1.807, 2.05) is 118 Å². The molecule has 0 atom stereocenters. The molecule has 0 saturated carbocycles. The third-order valence-corrected chi connectivity index (χ3v) is 27.9. The molecule has 97 heavy (non-hydrogen) atoms. The zero-order valence-corrected chi connectivity index (χ0v) is 64.5. The largest absolute Gasteiger partial charge is 0.466 e. The van der Waals surface area contributed by atoms with E-state index in [0.29, 0.717) is 52.1 Å². The first-order valence-electron chi connectivity index (χ1n) is 35.1. The van der Waals surface area contributed by atoms with Crippen LogP contribution < -0.4 is 0 Å². The normalized spacial score (nSPS) is 11.6. The van der Waals surface area contributed by atoms with Crippen molar-refractivity contribution in [3.05, 3.63) is 117 Å². The number of carbonyl (C=O) groups excluding carboxylic acids is 4. The van der Waals surface area contributed by atoms with E-state index in [1.165, 1.54) is 112 Å². The molecule has 0 fully saturated rings. The maximum atomic E-state index is 12.1. The average molecular weight is 1470 g/mol. The molecule has 0 aliphatic carbocycles. The van der Waals surface area contributed by atoms with Gasteiger partial charge in [-0.2, -0.15) is 8.75 Å². The van der Waals surface area contributed by atoms with Gasteiger partial charge in [-0.25, -0.2) is 0 Å². The van der Waals surface area contributed by atoms with Gasteiger partial charge < -0.3 is 18.9 Å². The van der Waals surface area contributed by atoms with Crippen LogP contribution in [0.25, 0.3) is 90.4 Å². The molecule has 9 aromatic heterocycles. The van der Waals surface area contributed by atoms with Crippen molar-refractivity contribution in [3.63, 3.8) is 0 Å². The number of aromatic nitrogens is 2. The molecule has 0 amide bonds. The Morgan fingerprint density at radius 3 is 0.979 bits per heavy atom. The molecular formula is C78H92N2O8S9. The Morgan fingerprint density at radius 2 is 0.629 bits per heavy atom. The molecule has 0 N–H and O–H groups in total. The summed E-state index contributed by atoms with van der Waals surface area (Å²) in [4.78, 5) is 68.2. The number of nitrogens with zero attached hydrogens (tertiary/aromatic N) is 2. The Hall–Kier alpha value is -5.48. The first kappa shape index (κ1) is 74.2. The number of thiophene rings is 8. The highest BCUT2D eigenvalue weighted by Gasteiger charge is 2.24. The van der Waals surface area contributed by atoms with Gasteiger partial charge in [-0.1, -0.05) is 90.2 Å². The number of hydrogen-bond acceptors (Lipinski definition) is 19. The maximum Gasteiger partial charge on any atom is 0.305 e. The second-order valence-corrected chi connectivity index (χ2v) is 34.2. The smallest absolute Gasteiger partial charge is 0.305 e. The van der Waals surface area contributed by atoms with Crippen molar-refractivity contribution < 1.29 is 38.1 Å². The number of unbranched alkanes of at least 4 members (excludes halogenated alkanes) is 14. The van der Waals surface area contributed by atoms with Gasteiger partial charge in [-0.3, -0.25) is 19.2 Å². The first-order chi connectivity index (χ1) is 47.4. The molecule has 0 aliphatic rings. The van der Waals surface area contributed by atoms with E-state index in [2.05, 4.69) is 98.8 Å². The number of aryl methyl sites for hydroxylation is 6. The van der Waals surface area contributed by atoms with Gasteiger partial charge in [0.1, 0.15) is 11.0 Å². The van der Waals surface area contributed by atoms with Gasteiger partial charge in [-0.05, 0) is 200 Å². The number of carbonyl (C=O) groups is 4. The summed E-state index contributed by atoms with van der Waals surface area (Å²) in [5.41, 5.74) is 9.73. The quantitative estimate of drug-likeness (QED) is 0.0207. The van der Waals surface area contributed by atoms with Crippen LogP contribution in [0.3, 0.4) is 0 Å². The predicted octanol–water partition coefficient (Wildman–Crippen LogP) is 25.1. The second kappa shape index (κ2) is 38.4. The fraction of sp³-hybridized carbons (Fsp3) is 0.462. The highest BCUT2D eigenvalue weighted by atomic mass is 32.1. The summed E-state index contributed by atoms with van der Waals surface area (Å²) >= 11 is 16.4. The van der Waals surface area contributed by atoms with Crippen LogP contribution in [-0.4, -0.2) is 59.1 Å². The first-order valence-corrected chi connectivity index (χ1v) is 42.4. The zero-order valence-electron chi connectivity index (χ0n) is 57.1. The van der Waals surface area contributed by atoms with Crippen LogP contribution in [0.15, 0.2) is 84.9 Å². The Labute approximate surface area is 610 Å². The van der Waals surface area contributed by atoms with Gasteiger partial charge in [-0.15, -0.1) is 90.7 Å². The third kappa shape index (κ3) is 21.1. The fourth-order valence-corrected chi connectivity index (χ4v) is 22.2. The molecule has 10 aromatic rings. The molecule has 0 aliphatic heterocycles. The second-order valence-electron chi connectivity index (χ2n) is 24.8. The lowest BCUT2D eigenvalue weighted by Crippen LogP contribution is -2.03. The van der Waals surface area contributed by atoms with Gasteiger partial charge in [0, 0.05) is 115 Å². The lowest BCUT2D eigenvalue weighted by molar-refractivity contribution is -0.144. The fourth-order valence-electron chi connectivity index (χ4n) is 12.3. The van der Waals surface area contributed by atoms with Crippen molar-refractivity contribution in [3.8, 4) is 79.4 Å². The molecule has 0 bridgehead atoms. The number of esters is 4. The van der Waals surface area contributed by atoms with Gasteiger partial charge in [0.15, 0.2) is 0 Å². The summed E-state index contributed by atoms with van der Waals surface area (Å²) in [6.07, 6.45) is 24.5. The molecule has 0 radical (unpaired) electrons. The summed E-state index contributed by atoms with van der Waals surface area (Å²) in [6, 6.07) is 32.8. The van der Waals surface area contributed by atoms with Gasteiger partial charge in [0.2, 0.25) is 0 Å². The maximum absolute atomic E-state index is 12.1. The summed E-state index contributed by atoms with van der Waals surface area (Å²) < 4.78 is 31.2. The topological polar surface area (TPSA) is 131 Å². The minimum absolute atomic E-state index is 0.0997. The lowest BCUT2D eigenvalue weighted by atomic mass is 10.0. The van der Waals surface area contributed by atoms with Crippen molar-refractivity contribution in [1.29, 1.82) is 0 Å². The van der Waals surface area contributed by atoms with Crippen molar-refractivity contribution in [2.24, 2.45) is 0 Å². The van der Waals surface area contributed by atoms with Crippen molar-refractivity contribution in [2.45, 2.75) is 208 Å². The van der Waals surface area contributed by atoms with Gasteiger partial charge >= 0.3 is 23.9 Å². The number of benzene rings is 1.